The number of benzene rings is 2. The smallest absolute Gasteiger partial charge is 0.296 e. The molecule has 0 radical (unpaired) electrons. The number of hydrogen-bond acceptors (Lipinski definition) is 5. The summed E-state index contributed by atoms with van der Waals surface area (Å²) >= 11 is 6.00. The van der Waals surface area contributed by atoms with Crippen LogP contribution < -0.4 is 15.4 Å². The van der Waals surface area contributed by atoms with Crippen LogP contribution in [0, 0.1) is 10.1 Å². The van der Waals surface area contributed by atoms with Crippen LogP contribution >= 0.6 is 11.6 Å². The number of anilines is 1. The van der Waals surface area contributed by atoms with E-state index in [9.17, 15) is 14.9 Å². The molecule has 0 heterocycles. The lowest BCUT2D eigenvalue weighted by molar-refractivity contribution is -0.384. The van der Waals surface area contributed by atoms with Crippen molar-refractivity contribution in [1.82, 2.24) is 5.32 Å². The summed E-state index contributed by atoms with van der Waals surface area (Å²) in [6, 6.07) is 12.0. The van der Waals surface area contributed by atoms with Gasteiger partial charge in [0.2, 0.25) is 5.91 Å². The molecule has 1 aliphatic rings. The second-order valence-electron chi connectivity index (χ2n) is 6.84. The monoisotopic (exact) mass is 403 g/mol. The third-order valence-electron chi connectivity index (χ3n) is 5.12. The Morgan fingerprint density at radius 2 is 1.89 bits per heavy atom. The Morgan fingerprint density at radius 3 is 2.50 bits per heavy atom. The molecule has 2 N–H and O–H groups in total. The number of nitrogens with one attached hydrogen (secondary N) is 2. The second-order valence-corrected chi connectivity index (χ2v) is 7.27. The summed E-state index contributed by atoms with van der Waals surface area (Å²) < 4.78 is 5.01. The Bertz CT molecular complexity index is 864. The molecule has 28 heavy (non-hydrogen) atoms. The number of amides is 1. The summed E-state index contributed by atoms with van der Waals surface area (Å²) in [5.74, 6) is 0.0176. The normalized spacial score (nSPS) is 15.2. The van der Waals surface area contributed by atoms with Gasteiger partial charge in [0.15, 0.2) is 0 Å². The van der Waals surface area contributed by atoms with E-state index in [0.29, 0.717) is 10.8 Å². The highest BCUT2D eigenvalue weighted by Gasteiger charge is 2.35. The Balaban J connectivity index is 1.71. The standard InChI is InChI=1S/C20H22ClN3O4/c1-28-16-8-9-17(18(12-16)24(26)27)23-19(25)13-22-20(10-2-3-11-20)14-4-6-15(21)7-5-14/h4-9,12,22H,2-3,10-11,13H2,1H3,(H,23,25). The molecule has 0 bridgehead atoms. The summed E-state index contributed by atoms with van der Waals surface area (Å²) in [6.45, 7) is 0.0474. The maximum absolute atomic E-state index is 12.5. The zero-order valence-electron chi connectivity index (χ0n) is 15.5. The Kier molecular flexibility index (Phi) is 6.16. The molecule has 0 atom stereocenters. The molecule has 1 saturated carbocycles. The first-order valence-electron chi connectivity index (χ1n) is 9.07. The van der Waals surface area contributed by atoms with Gasteiger partial charge >= 0.3 is 0 Å². The van der Waals surface area contributed by atoms with Crippen LogP contribution in [0.5, 0.6) is 5.75 Å². The number of carbonyl (C=O) groups is 1. The van der Waals surface area contributed by atoms with E-state index in [0.717, 1.165) is 31.2 Å². The zero-order valence-corrected chi connectivity index (χ0v) is 16.3. The molecule has 2 aromatic carbocycles. The van der Waals surface area contributed by atoms with E-state index in [1.807, 2.05) is 24.3 Å². The SMILES string of the molecule is COc1ccc(NC(=O)CNC2(c3ccc(Cl)cc3)CCCC2)c([N+](=O)[O-])c1. The van der Waals surface area contributed by atoms with Crippen molar-refractivity contribution in [3.8, 4) is 5.75 Å². The first-order valence-corrected chi connectivity index (χ1v) is 9.45. The van der Waals surface area contributed by atoms with Crippen molar-refractivity contribution in [2.75, 3.05) is 19.0 Å². The van der Waals surface area contributed by atoms with Crippen molar-refractivity contribution in [2.24, 2.45) is 0 Å². The number of ether oxygens (including phenoxy) is 1. The van der Waals surface area contributed by atoms with Crippen LogP contribution in [0.1, 0.15) is 31.2 Å². The topological polar surface area (TPSA) is 93.5 Å². The van der Waals surface area contributed by atoms with Crippen molar-refractivity contribution in [2.45, 2.75) is 31.2 Å². The third kappa shape index (κ3) is 4.43. The molecule has 8 heteroatoms. The Hall–Kier alpha value is -2.64. The van der Waals surface area contributed by atoms with Gasteiger partial charge < -0.3 is 10.1 Å². The molecule has 0 spiro atoms. The molecular weight excluding hydrogens is 382 g/mol. The Labute approximate surface area is 168 Å². The summed E-state index contributed by atoms with van der Waals surface area (Å²) in [5.41, 5.74) is 0.747. The maximum atomic E-state index is 12.5. The number of nitrogens with zero attached hydrogens (tertiary/aromatic N) is 1. The highest BCUT2D eigenvalue weighted by molar-refractivity contribution is 6.30. The van der Waals surface area contributed by atoms with Crippen LogP contribution in [0.4, 0.5) is 11.4 Å². The highest BCUT2D eigenvalue weighted by atomic mass is 35.5. The molecule has 3 rings (SSSR count). The van der Waals surface area contributed by atoms with Gasteiger partial charge in [-0.2, -0.15) is 0 Å². The minimum Gasteiger partial charge on any atom is -0.496 e. The van der Waals surface area contributed by atoms with Crippen LogP contribution in [0.25, 0.3) is 0 Å². The Morgan fingerprint density at radius 1 is 1.21 bits per heavy atom. The molecule has 1 aliphatic carbocycles. The molecule has 1 amide bonds. The number of nitro benzene ring substituents is 1. The van der Waals surface area contributed by atoms with Gasteiger partial charge in [0.05, 0.1) is 24.6 Å². The van der Waals surface area contributed by atoms with E-state index in [4.69, 9.17) is 16.3 Å². The molecule has 0 aromatic heterocycles. The number of hydrogen-bond donors (Lipinski definition) is 2. The average molecular weight is 404 g/mol. The van der Waals surface area contributed by atoms with Gasteiger partial charge in [0, 0.05) is 10.6 Å². The van der Waals surface area contributed by atoms with Crippen LogP contribution in [-0.2, 0) is 10.3 Å². The van der Waals surface area contributed by atoms with E-state index in [-0.39, 0.29) is 29.4 Å². The fraction of sp³-hybridized carbons (Fsp3) is 0.350. The predicted octanol–water partition coefficient (Wildman–Crippen LogP) is 4.25. The van der Waals surface area contributed by atoms with Gasteiger partial charge in [0.1, 0.15) is 11.4 Å². The maximum Gasteiger partial charge on any atom is 0.296 e. The highest BCUT2D eigenvalue weighted by Crippen LogP contribution is 2.39. The van der Waals surface area contributed by atoms with E-state index in [2.05, 4.69) is 10.6 Å². The van der Waals surface area contributed by atoms with Crippen molar-refractivity contribution >= 4 is 28.9 Å². The largest absolute Gasteiger partial charge is 0.496 e. The minimum absolute atomic E-state index is 0.0474. The fourth-order valence-electron chi connectivity index (χ4n) is 3.65. The van der Waals surface area contributed by atoms with E-state index in [1.54, 1.807) is 6.07 Å². The molecular formula is C20H22ClN3O4. The summed E-state index contributed by atoms with van der Waals surface area (Å²) in [6.07, 6.45) is 3.98. The van der Waals surface area contributed by atoms with Gasteiger partial charge in [-0.3, -0.25) is 20.2 Å². The number of rotatable bonds is 7. The van der Waals surface area contributed by atoms with Gasteiger partial charge in [-0.15, -0.1) is 0 Å². The van der Waals surface area contributed by atoms with E-state index in [1.165, 1.54) is 19.2 Å². The van der Waals surface area contributed by atoms with Crippen molar-refractivity contribution in [1.29, 1.82) is 0 Å². The molecule has 0 unspecified atom stereocenters. The quantitative estimate of drug-likeness (QED) is 0.532. The molecule has 1 fully saturated rings. The minimum atomic E-state index is -0.544. The lowest BCUT2D eigenvalue weighted by atomic mass is 9.88. The predicted molar refractivity (Wildman–Crippen MR) is 108 cm³/mol. The number of nitro groups is 1. The van der Waals surface area contributed by atoms with Crippen LogP contribution in [0.2, 0.25) is 5.02 Å². The van der Waals surface area contributed by atoms with E-state index < -0.39 is 4.92 Å². The number of methoxy groups -OCH3 is 1. The van der Waals surface area contributed by atoms with Crippen molar-refractivity contribution < 1.29 is 14.5 Å². The first kappa shape index (κ1) is 20.1. The van der Waals surface area contributed by atoms with Gasteiger partial charge in [-0.25, -0.2) is 0 Å². The molecule has 148 valence electrons. The summed E-state index contributed by atoms with van der Waals surface area (Å²) in [7, 11) is 1.43. The van der Waals surface area contributed by atoms with Gasteiger partial charge in [-0.05, 0) is 42.7 Å². The molecule has 0 aliphatic heterocycles. The lowest BCUT2D eigenvalue weighted by Gasteiger charge is -2.31. The summed E-state index contributed by atoms with van der Waals surface area (Å²) in [5, 5.41) is 17.9. The van der Waals surface area contributed by atoms with E-state index >= 15 is 0 Å². The second kappa shape index (κ2) is 8.58. The van der Waals surface area contributed by atoms with Gasteiger partial charge in [0.25, 0.3) is 5.69 Å². The number of carbonyl (C=O) groups excluding carboxylic acids is 1. The molecule has 0 saturated heterocycles. The lowest BCUT2D eigenvalue weighted by Crippen LogP contribution is -2.44. The van der Waals surface area contributed by atoms with Crippen LogP contribution in [-0.4, -0.2) is 24.5 Å². The van der Waals surface area contributed by atoms with Crippen LogP contribution in [0.3, 0.4) is 0 Å². The van der Waals surface area contributed by atoms with Gasteiger partial charge in [-0.1, -0.05) is 36.6 Å². The van der Waals surface area contributed by atoms with Crippen LogP contribution in [0.15, 0.2) is 42.5 Å². The fourth-order valence-corrected chi connectivity index (χ4v) is 3.78. The van der Waals surface area contributed by atoms with Crippen molar-refractivity contribution in [3.63, 3.8) is 0 Å². The zero-order chi connectivity index (χ0) is 20.1. The number of halogens is 1. The molecule has 2 aromatic rings. The van der Waals surface area contributed by atoms with Crippen molar-refractivity contribution in [3.05, 3.63) is 63.2 Å². The average Bonchev–Trinajstić information content (AvgIpc) is 3.17. The third-order valence-corrected chi connectivity index (χ3v) is 5.37. The molecule has 7 nitrogen and oxygen atoms in total. The first-order chi connectivity index (χ1) is 13.4. The summed E-state index contributed by atoms with van der Waals surface area (Å²) in [4.78, 5) is 23.2.